The van der Waals surface area contributed by atoms with Crippen LogP contribution in [-0.2, 0) is 0 Å². The van der Waals surface area contributed by atoms with Gasteiger partial charge in [-0.05, 0) is 31.2 Å². The summed E-state index contributed by atoms with van der Waals surface area (Å²) in [6, 6.07) is 8.00. The molecule has 1 unspecified atom stereocenters. The third-order valence-corrected chi connectivity index (χ3v) is 3.70. The highest BCUT2D eigenvalue weighted by Gasteiger charge is 2.22. The molecule has 0 bridgehead atoms. The Labute approximate surface area is 109 Å². The van der Waals surface area contributed by atoms with Crippen molar-refractivity contribution in [1.29, 1.82) is 0 Å². The van der Waals surface area contributed by atoms with Crippen LogP contribution in [0.1, 0.15) is 44.7 Å². The van der Waals surface area contributed by atoms with Crippen molar-refractivity contribution in [3.63, 3.8) is 0 Å². The van der Waals surface area contributed by atoms with Crippen LogP contribution in [0, 0.1) is 10.8 Å². The van der Waals surface area contributed by atoms with E-state index in [-0.39, 0.29) is 12.0 Å². The minimum absolute atomic E-state index is 0.233. The van der Waals surface area contributed by atoms with E-state index in [9.17, 15) is 4.91 Å². The predicted octanol–water partition coefficient (Wildman–Crippen LogP) is 4.14. The molecular formula is C15H22N2O. The van der Waals surface area contributed by atoms with E-state index in [0.29, 0.717) is 0 Å². The number of piperidine rings is 1. The van der Waals surface area contributed by atoms with Gasteiger partial charge >= 0.3 is 0 Å². The van der Waals surface area contributed by atoms with Crippen LogP contribution in [0.25, 0.3) is 0 Å². The van der Waals surface area contributed by atoms with E-state index in [4.69, 9.17) is 0 Å². The summed E-state index contributed by atoms with van der Waals surface area (Å²) in [5.74, 6) is 0.244. The molecular weight excluding hydrogens is 224 g/mol. The molecule has 3 nitrogen and oxygen atoms in total. The summed E-state index contributed by atoms with van der Waals surface area (Å²) in [6.07, 6.45) is 3.81. The first kappa shape index (κ1) is 13.1. The fraction of sp³-hybridized carbons (Fsp3) is 0.600. The van der Waals surface area contributed by atoms with Crippen LogP contribution in [-0.4, -0.2) is 13.1 Å². The molecule has 3 heteroatoms. The number of hydrogen-bond acceptors (Lipinski definition) is 3. The Bertz CT molecular complexity index is 397. The number of benzene rings is 1. The molecule has 1 fully saturated rings. The molecule has 1 aromatic carbocycles. The minimum atomic E-state index is -0.233. The first-order chi connectivity index (χ1) is 8.74. The minimum Gasteiger partial charge on any atom is -0.371 e. The van der Waals surface area contributed by atoms with Crippen molar-refractivity contribution >= 4 is 5.69 Å². The molecule has 0 saturated carbocycles. The highest BCUT2D eigenvalue weighted by molar-refractivity contribution is 5.55. The molecule has 1 aliphatic heterocycles. The smallest absolute Gasteiger partial charge is 0.121 e. The summed E-state index contributed by atoms with van der Waals surface area (Å²) in [6.45, 7) is 6.31. The van der Waals surface area contributed by atoms with Gasteiger partial charge in [0.2, 0.25) is 0 Å². The lowest BCUT2D eigenvalue weighted by molar-refractivity contribution is 0.508. The van der Waals surface area contributed by atoms with Crippen LogP contribution in [0.5, 0.6) is 0 Å². The van der Waals surface area contributed by atoms with Crippen LogP contribution >= 0.6 is 0 Å². The van der Waals surface area contributed by atoms with Crippen LogP contribution in [0.15, 0.2) is 29.4 Å². The van der Waals surface area contributed by atoms with E-state index < -0.39 is 0 Å². The first-order valence-electron chi connectivity index (χ1n) is 6.90. The van der Waals surface area contributed by atoms with Gasteiger partial charge in [0.15, 0.2) is 0 Å². The fourth-order valence-electron chi connectivity index (χ4n) is 2.70. The molecule has 0 N–H and O–H groups in total. The zero-order valence-electron chi connectivity index (χ0n) is 11.3. The number of nitrogens with zero attached hydrogens (tertiary/aromatic N) is 2. The van der Waals surface area contributed by atoms with Gasteiger partial charge in [-0.1, -0.05) is 37.2 Å². The van der Waals surface area contributed by atoms with Crippen LogP contribution in [0.3, 0.4) is 0 Å². The average Bonchev–Trinajstić information content (AvgIpc) is 2.41. The molecule has 1 atom stereocenters. The van der Waals surface area contributed by atoms with Crippen LogP contribution < -0.4 is 4.90 Å². The van der Waals surface area contributed by atoms with Crippen molar-refractivity contribution in [2.75, 3.05) is 18.0 Å². The Morgan fingerprint density at radius 1 is 1.11 bits per heavy atom. The maximum atomic E-state index is 11.1. The van der Waals surface area contributed by atoms with Gasteiger partial charge in [-0.25, -0.2) is 0 Å². The van der Waals surface area contributed by atoms with Gasteiger partial charge in [-0.2, -0.15) is 4.91 Å². The van der Waals surface area contributed by atoms with Crippen molar-refractivity contribution in [2.24, 2.45) is 11.1 Å². The molecule has 0 aromatic heterocycles. The maximum absolute atomic E-state index is 11.1. The normalized spacial score (nSPS) is 17.8. The van der Waals surface area contributed by atoms with Crippen molar-refractivity contribution in [1.82, 2.24) is 0 Å². The molecule has 1 aliphatic rings. The van der Waals surface area contributed by atoms with Gasteiger partial charge in [-0.3, -0.25) is 0 Å². The Morgan fingerprint density at radius 2 is 1.78 bits per heavy atom. The standard InChI is InChI=1S/C15H22N2O/c1-12(2)15(16-18)13-8-4-5-9-14(13)17-10-6-3-7-11-17/h4-5,8-9,12,15H,3,6-7,10-11H2,1-2H3. The van der Waals surface area contributed by atoms with E-state index in [0.717, 1.165) is 18.7 Å². The summed E-state index contributed by atoms with van der Waals surface area (Å²) >= 11 is 0. The molecule has 18 heavy (non-hydrogen) atoms. The number of nitroso groups, excluding NO2 is 1. The quantitative estimate of drug-likeness (QED) is 0.748. The van der Waals surface area contributed by atoms with Crippen LogP contribution in [0.2, 0.25) is 0 Å². The number of anilines is 1. The third-order valence-electron chi connectivity index (χ3n) is 3.70. The lowest BCUT2D eigenvalue weighted by Crippen LogP contribution is -2.30. The molecule has 1 saturated heterocycles. The lowest BCUT2D eigenvalue weighted by Gasteiger charge is -2.32. The SMILES string of the molecule is CC(C)C(N=O)c1ccccc1N1CCCCC1. The second-order valence-electron chi connectivity index (χ2n) is 5.40. The van der Waals surface area contributed by atoms with Gasteiger partial charge in [0.25, 0.3) is 0 Å². The predicted molar refractivity (Wildman–Crippen MR) is 75.9 cm³/mol. The summed E-state index contributed by atoms with van der Waals surface area (Å²) in [4.78, 5) is 13.5. The Hall–Kier alpha value is -1.38. The first-order valence-corrected chi connectivity index (χ1v) is 6.90. The molecule has 0 spiro atoms. The summed E-state index contributed by atoms with van der Waals surface area (Å²) < 4.78 is 0. The van der Waals surface area contributed by atoms with Gasteiger partial charge in [0, 0.05) is 24.3 Å². The zero-order chi connectivity index (χ0) is 13.0. The Morgan fingerprint density at radius 3 is 2.39 bits per heavy atom. The van der Waals surface area contributed by atoms with E-state index in [1.165, 1.54) is 24.9 Å². The highest BCUT2D eigenvalue weighted by Crippen LogP contribution is 2.34. The second-order valence-corrected chi connectivity index (χ2v) is 5.40. The van der Waals surface area contributed by atoms with Crippen molar-refractivity contribution < 1.29 is 0 Å². The third kappa shape index (κ3) is 2.71. The van der Waals surface area contributed by atoms with E-state index in [2.05, 4.69) is 42.1 Å². The molecule has 98 valence electrons. The maximum Gasteiger partial charge on any atom is 0.121 e. The number of para-hydroxylation sites is 1. The molecule has 0 amide bonds. The molecule has 1 heterocycles. The molecule has 2 rings (SSSR count). The Kier molecular flexibility index (Phi) is 4.34. The van der Waals surface area contributed by atoms with Gasteiger partial charge < -0.3 is 4.90 Å². The fourth-order valence-corrected chi connectivity index (χ4v) is 2.70. The topological polar surface area (TPSA) is 32.7 Å². The average molecular weight is 246 g/mol. The zero-order valence-corrected chi connectivity index (χ0v) is 11.3. The summed E-state index contributed by atoms with van der Waals surface area (Å²) in [5, 5.41) is 3.34. The van der Waals surface area contributed by atoms with Gasteiger partial charge in [0.1, 0.15) is 6.04 Å². The number of hydrogen-bond donors (Lipinski definition) is 0. The monoisotopic (exact) mass is 246 g/mol. The molecule has 1 aromatic rings. The Balaban J connectivity index is 2.31. The van der Waals surface area contributed by atoms with E-state index in [1.807, 2.05) is 6.07 Å². The molecule has 0 radical (unpaired) electrons. The second kappa shape index (κ2) is 5.98. The van der Waals surface area contributed by atoms with Crippen LogP contribution in [0.4, 0.5) is 5.69 Å². The van der Waals surface area contributed by atoms with Gasteiger partial charge in [0.05, 0.1) is 0 Å². The summed E-state index contributed by atoms with van der Waals surface area (Å²) in [5.41, 5.74) is 2.29. The van der Waals surface area contributed by atoms with E-state index in [1.54, 1.807) is 0 Å². The van der Waals surface area contributed by atoms with Crippen molar-refractivity contribution in [3.05, 3.63) is 34.7 Å². The largest absolute Gasteiger partial charge is 0.371 e. The van der Waals surface area contributed by atoms with Gasteiger partial charge in [-0.15, -0.1) is 0 Å². The van der Waals surface area contributed by atoms with Crippen molar-refractivity contribution in [3.8, 4) is 0 Å². The highest BCUT2D eigenvalue weighted by atomic mass is 16.3. The number of rotatable bonds is 4. The van der Waals surface area contributed by atoms with E-state index >= 15 is 0 Å². The summed E-state index contributed by atoms with van der Waals surface area (Å²) in [7, 11) is 0. The molecule has 0 aliphatic carbocycles. The lowest BCUT2D eigenvalue weighted by atomic mass is 9.94. The van der Waals surface area contributed by atoms with Crippen molar-refractivity contribution in [2.45, 2.75) is 39.2 Å².